The Labute approximate surface area is 127 Å². The summed E-state index contributed by atoms with van der Waals surface area (Å²) in [6.07, 6.45) is 0. The van der Waals surface area contributed by atoms with Gasteiger partial charge in [0.1, 0.15) is 13.2 Å². The van der Waals surface area contributed by atoms with Gasteiger partial charge in [0.25, 0.3) is 0 Å². The van der Waals surface area contributed by atoms with Crippen LogP contribution in [0.3, 0.4) is 0 Å². The molecular weight excluding hydrogens is 306 g/mol. The van der Waals surface area contributed by atoms with E-state index in [-0.39, 0.29) is 6.54 Å². The number of ether oxygens (including phenoxy) is 2. The quantitative estimate of drug-likeness (QED) is 0.868. The first-order chi connectivity index (χ1) is 10.6. The van der Waals surface area contributed by atoms with Crippen LogP contribution in [0.25, 0.3) is 11.1 Å². The number of hydrogen-bond acceptors (Lipinski definition) is 5. The molecule has 2 aromatic carbocycles. The van der Waals surface area contributed by atoms with E-state index in [9.17, 15) is 8.42 Å². The molecule has 0 spiro atoms. The monoisotopic (exact) mass is 319 g/mol. The normalized spacial score (nSPS) is 18.2. The largest absolute Gasteiger partial charge is 0.486 e. The minimum atomic E-state index is -3.75. The Morgan fingerprint density at radius 1 is 1.00 bits per heavy atom. The molecule has 114 valence electrons. The third-order valence-corrected chi connectivity index (χ3v) is 4.47. The highest BCUT2D eigenvalue weighted by Crippen LogP contribution is 2.40. The molecular formula is C15H13NO5S. The summed E-state index contributed by atoms with van der Waals surface area (Å²) in [6, 6.07) is 11.0. The summed E-state index contributed by atoms with van der Waals surface area (Å²) in [5, 5.41) is 0. The van der Waals surface area contributed by atoms with Gasteiger partial charge in [-0.1, -0.05) is 24.3 Å². The van der Waals surface area contributed by atoms with Gasteiger partial charge in [-0.25, -0.2) is 0 Å². The molecule has 0 aliphatic carbocycles. The van der Waals surface area contributed by atoms with Crippen molar-refractivity contribution in [3.63, 3.8) is 0 Å². The van der Waals surface area contributed by atoms with E-state index in [1.165, 1.54) is 0 Å². The summed E-state index contributed by atoms with van der Waals surface area (Å²) in [7, 11) is -3.75. The van der Waals surface area contributed by atoms with Crippen molar-refractivity contribution in [2.24, 2.45) is 0 Å². The maximum atomic E-state index is 11.7. The molecule has 0 radical (unpaired) electrons. The Kier molecular flexibility index (Phi) is 2.98. The second-order valence-electron chi connectivity index (χ2n) is 5.01. The molecule has 7 heteroatoms. The third-order valence-electron chi connectivity index (χ3n) is 3.58. The van der Waals surface area contributed by atoms with E-state index in [1.54, 1.807) is 0 Å². The van der Waals surface area contributed by atoms with Crippen molar-refractivity contribution in [3.05, 3.63) is 42.0 Å². The van der Waals surface area contributed by atoms with Crippen molar-refractivity contribution < 1.29 is 22.1 Å². The fourth-order valence-corrected chi connectivity index (χ4v) is 3.37. The molecule has 0 amide bonds. The zero-order valence-electron chi connectivity index (χ0n) is 11.5. The van der Waals surface area contributed by atoms with Crippen LogP contribution in [0.1, 0.15) is 5.56 Å². The SMILES string of the molecule is O=S1(=O)NCc2cccc(-c3ccc4c(c3)OCCO4)c2O1. The van der Waals surface area contributed by atoms with Crippen LogP contribution in [-0.4, -0.2) is 21.6 Å². The fraction of sp³-hybridized carbons (Fsp3) is 0.200. The predicted octanol–water partition coefficient (Wildman–Crippen LogP) is 1.85. The molecule has 0 saturated carbocycles. The minimum absolute atomic E-state index is 0.218. The van der Waals surface area contributed by atoms with Crippen molar-refractivity contribution >= 4 is 10.3 Å². The summed E-state index contributed by atoms with van der Waals surface area (Å²) in [5.74, 6) is 1.70. The number of hydrogen-bond donors (Lipinski definition) is 1. The number of fused-ring (bicyclic) bond motifs is 2. The van der Waals surface area contributed by atoms with Gasteiger partial charge >= 0.3 is 10.3 Å². The summed E-state index contributed by atoms with van der Waals surface area (Å²) in [5.41, 5.74) is 2.32. The summed E-state index contributed by atoms with van der Waals surface area (Å²) < 4.78 is 41.9. The lowest BCUT2D eigenvalue weighted by Crippen LogP contribution is -2.32. The van der Waals surface area contributed by atoms with E-state index in [2.05, 4.69) is 4.72 Å². The Balaban J connectivity index is 1.84. The van der Waals surface area contributed by atoms with Gasteiger partial charge in [0.05, 0.1) is 0 Å². The summed E-state index contributed by atoms with van der Waals surface area (Å²) in [6.45, 7) is 1.24. The number of rotatable bonds is 1. The van der Waals surface area contributed by atoms with Crippen LogP contribution < -0.4 is 18.4 Å². The van der Waals surface area contributed by atoms with Crippen LogP contribution in [0.2, 0.25) is 0 Å². The molecule has 2 aliphatic rings. The molecule has 0 aromatic heterocycles. The highest BCUT2D eigenvalue weighted by Gasteiger charge is 2.25. The predicted molar refractivity (Wildman–Crippen MR) is 79.3 cm³/mol. The third kappa shape index (κ3) is 2.28. The molecule has 4 rings (SSSR count). The molecule has 0 atom stereocenters. The Morgan fingerprint density at radius 2 is 1.82 bits per heavy atom. The minimum Gasteiger partial charge on any atom is -0.486 e. The highest BCUT2D eigenvalue weighted by atomic mass is 32.2. The molecule has 2 aromatic rings. The van der Waals surface area contributed by atoms with Crippen LogP contribution in [0.4, 0.5) is 0 Å². The van der Waals surface area contributed by atoms with Crippen molar-refractivity contribution in [2.45, 2.75) is 6.54 Å². The average Bonchev–Trinajstić information content (AvgIpc) is 2.53. The maximum absolute atomic E-state index is 11.7. The van der Waals surface area contributed by atoms with Gasteiger partial charge in [-0.3, -0.25) is 0 Å². The Bertz CT molecular complexity index is 847. The van der Waals surface area contributed by atoms with E-state index in [4.69, 9.17) is 13.7 Å². The first kappa shape index (κ1) is 13.4. The van der Waals surface area contributed by atoms with Crippen LogP contribution in [0.15, 0.2) is 36.4 Å². The Morgan fingerprint density at radius 3 is 2.68 bits per heavy atom. The highest BCUT2D eigenvalue weighted by molar-refractivity contribution is 7.85. The molecule has 6 nitrogen and oxygen atoms in total. The van der Waals surface area contributed by atoms with Crippen molar-refractivity contribution in [3.8, 4) is 28.4 Å². The van der Waals surface area contributed by atoms with Gasteiger partial charge in [-0.05, 0) is 17.7 Å². The molecule has 0 bridgehead atoms. The van der Waals surface area contributed by atoms with Gasteiger partial charge in [0.15, 0.2) is 17.2 Å². The zero-order valence-corrected chi connectivity index (χ0v) is 12.4. The van der Waals surface area contributed by atoms with Gasteiger partial charge in [-0.2, -0.15) is 13.1 Å². The second kappa shape index (κ2) is 4.89. The number of para-hydroxylation sites is 1. The standard InChI is InChI=1S/C15H13NO5S/c17-22(18)16-9-11-2-1-3-12(15(11)21-22)10-4-5-13-14(8-10)20-7-6-19-13/h1-5,8,16H,6-7,9H2. The van der Waals surface area contributed by atoms with E-state index >= 15 is 0 Å². The number of benzene rings is 2. The molecule has 0 saturated heterocycles. The molecule has 1 N–H and O–H groups in total. The summed E-state index contributed by atoms with van der Waals surface area (Å²) >= 11 is 0. The fourth-order valence-electron chi connectivity index (χ4n) is 2.57. The number of nitrogens with one attached hydrogen (secondary N) is 1. The molecule has 0 fully saturated rings. The van der Waals surface area contributed by atoms with Gasteiger partial charge in [-0.15, -0.1) is 0 Å². The second-order valence-corrected chi connectivity index (χ2v) is 6.37. The topological polar surface area (TPSA) is 73.9 Å². The van der Waals surface area contributed by atoms with Crippen molar-refractivity contribution in [1.82, 2.24) is 4.72 Å². The maximum Gasteiger partial charge on any atom is 0.382 e. The zero-order chi connectivity index (χ0) is 15.2. The van der Waals surface area contributed by atoms with Crippen LogP contribution >= 0.6 is 0 Å². The smallest absolute Gasteiger partial charge is 0.382 e. The lowest BCUT2D eigenvalue weighted by molar-refractivity contribution is 0.171. The van der Waals surface area contributed by atoms with Crippen LogP contribution in [-0.2, 0) is 16.8 Å². The van der Waals surface area contributed by atoms with Gasteiger partial charge in [0.2, 0.25) is 0 Å². The van der Waals surface area contributed by atoms with Crippen molar-refractivity contribution in [2.75, 3.05) is 13.2 Å². The first-order valence-corrected chi connectivity index (χ1v) is 8.24. The molecule has 22 heavy (non-hydrogen) atoms. The van der Waals surface area contributed by atoms with Gasteiger partial charge in [0, 0.05) is 17.7 Å². The van der Waals surface area contributed by atoms with Gasteiger partial charge < -0.3 is 13.7 Å². The first-order valence-electron chi connectivity index (χ1n) is 6.83. The average molecular weight is 319 g/mol. The molecule has 2 heterocycles. The van der Waals surface area contributed by atoms with Crippen molar-refractivity contribution in [1.29, 1.82) is 0 Å². The van der Waals surface area contributed by atoms with E-state index in [0.717, 1.165) is 11.1 Å². The lowest BCUT2D eigenvalue weighted by Gasteiger charge is -2.22. The molecule has 0 unspecified atom stereocenters. The van der Waals surface area contributed by atoms with Crippen LogP contribution in [0.5, 0.6) is 17.2 Å². The van der Waals surface area contributed by atoms with Crippen LogP contribution in [0, 0.1) is 0 Å². The van der Waals surface area contributed by atoms with E-state index in [1.807, 2.05) is 36.4 Å². The summed E-state index contributed by atoms with van der Waals surface area (Å²) in [4.78, 5) is 0. The Hall–Kier alpha value is -2.25. The van der Waals surface area contributed by atoms with E-state index < -0.39 is 10.3 Å². The molecule has 2 aliphatic heterocycles. The van der Waals surface area contributed by atoms with E-state index in [0.29, 0.717) is 36.0 Å². The lowest BCUT2D eigenvalue weighted by atomic mass is 10.0.